The molecule has 0 radical (unpaired) electrons. The monoisotopic (exact) mass is 365 g/mol. The van der Waals surface area contributed by atoms with Gasteiger partial charge in [-0.1, -0.05) is 23.1 Å². The number of nitrogens with two attached hydrogens (primary N) is 1. The third-order valence-corrected chi connectivity index (χ3v) is 5.54. The van der Waals surface area contributed by atoms with E-state index in [-0.39, 0.29) is 5.91 Å². The second-order valence-electron chi connectivity index (χ2n) is 5.67. The first-order valence-electron chi connectivity index (χ1n) is 7.47. The van der Waals surface area contributed by atoms with Crippen LogP contribution < -0.4 is 10.6 Å². The SMILES string of the molecule is Cc1nc2c(c(N(C)C)n1)CCN(C(=O)CSc1nnc(N)s1)C2. The largest absolute Gasteiger partial charge is 0.374 e. The van der Waals surface area contributed by atoms with E-state index in [4.69, 9.17) is 5.73 Å². The van der Waals surface area contributed by atoms with Crippen molar-refractivity contribution in [1.29, 1.82) is 0 Å². The Labute approximate surface area is 148 Å². The average molecular weight is 365 g/mol. The van der Waals surface area contributed by atoms with Crippen LogP contribution in [0, 0.1) is 6.92 Å². The number of fused-ring (bicyclic) bond motifs is 1. The molecule has 2 aromatic heterocycles. The molecule has 0 saturated heterocycles. The van der Waals surface area contributed by atoms with E-state index in [1.165, 1.54) is 23.1 Å². The van der Waals surface area contributed by atoms with E-state index in [1.54, 1.807) is 0 Å². The van der Waals surface area contributed by atoms with Crippen LogP contribution in [0.4, 0.5) is 10.9 Å². The first-order valence-corrected chi connectivity index (χ1v) is 9.27. The summed E-state index contributed by atoms with van der Waals surface area (Å²) in [5, 5.41) is 8.09. The molecule has 3 rings (SSSR count). The van der Waals surface area contributed by atoms with Gasteiger partial charge >= 0.3 is 0 Å². The zero-order valence-electron chi connectivity index (χ0n) is 13.8. The molecule has 0 atom stereocenters. The predicted molar refractivity (Wildman–Crippen MR) is 95.3 cm³/mol. The minimum atomic E-state index is 0.0714. The molecule has 128 valence electrons. The normalized spacial score (nSPS) is 13.7. The van der Waals surface area contributed by atoms with Gasteiger partial charge in [0.2, 0.25) is 11.0 Å². The molecule has 0 aliphatic carbocycles. The summed E-state index contributed by atoms with van der Waals surface area (Å²) in [6, 6.07) is 0. The molecule has 8 nitrogen and oxygen atoms in total. The maximum atomic E-state index is 12.5. The van der Waals surface area contributed by atoms with Gasteiger partial charge in [-0.2, -0.15) is 0 Å². The number of aryl methyl sites for hydroxylation is 1. The fourth-order valence-corrected chi connectivity index (χ4v) is 4.15. The number of hydrogen-bond acceptors (Lipinski definition) is 9. The zero-order chi connectivity index (χ0) is 17.3. The Balaban J connectivity index is 1.69. The molecule has 0 saturated carbocycles. The van der Waals surface area contributed by atoms with Crippen LogP contribution in [0.3, 0.4) is 0 Å². The molecule has 2 N–H and O–H groups in total. The fourth-order valence-electron chi connectivity index (χ4n) is 2.61. The molecule has 0 aromatic carbocycles. The highest BCUT2D eigenvalue weighted by Gasteiger charge is 2.25. The molecule has 1 aliphatic heterocycles. The molecule has 24 heavy (non-hydrogen) atoms. The summed E-state index contributed by atoms with van der Waals surface area (Å²) in [4.78, 5) is 25.4. The van der Waals surface area contributed by atoms with Crippen LogP contribution in [-0.2, 0) is 17.8 Å². The molecule has 0 unspecified atom stereocenters. The number of amides is 1. The van der Waals surface area contributed by atoms with Crippen LogP contribution in [0.15, 0.2) is 4.34 Å². The number of aromatic nitrogens is 4. The van der Waals surface area contributed by atoms with Gasteiger partial charge in [-0.3, -0.25) is 4.79 Å². The van der Waals surface area contributed by atoms with Crippen LogP contribution in [0.5, 0.6) is 0 Å². The summed E-state index contributed by atoms with van der Waals surface area (Å²) in [5.74, 6) is 2.07. The number of hydrogen-bond donors (Lipinski definition) is 1. The molecular weight excluding hydrogens is 346 g/mol. The van der Waals surface area contributed by atoms with Crippen LogP contribution in [0.25, 0.3) is 0 Å². The van der Waals surface area contributed by atoms with Gasteiger partial charge in [-0.05, 0) is 13.3 Å². The number of nitrogen functional groups attached to an aromatic ring is 1. The molecule has 0 fully saturated rings. The lowest BCUT2D eigenvalue weighted by atomic mass is 10.0. The molecule has 2 aromatic rings. The Morgan fingerprint density at radius 2 is 2.17 bits per heavy atom. The topological polar surface area (TPSA) is 101 Å². The molecule has 1 amide bonds. The minimum Gasteiger partial charge on any atom is -0.374 e. The molecule has 10 heteroatoms. The summed E-state index contributed by atoms with van der Waals surface area (Å²) in [5.41, 5.74) is 7.63. The van der Waals surface area contributed by atoms with Gasteiger partial charge in [0, 0.05) is 26.2 Å². The second-order valence-corrected chi connectivity index (χ2v) is 7.91. The first kappa shape index (κ1) is 16.9. The Hall–Kier alpha value is -1.94. The summed E-state index contributed by atoms with van der Waals surface area (Å²) >= 11 is 2.66. The van der Waals surface area contributed by atoms with Gasteiger partial charge in [0.15, 0.2) is 4.34 Å². The second kappa shape index (κ2) is 6.89. The minimum absolute atomic E-state index is 0.0714. The fraction of sp³-hybridized carbons (Fsp3) is 0.500. The van der Waals surface area contributed by atoms with E-state index in [1.807, 2.05) is 30.8 Å². The van der Waals surface area contributed by atoms with E-state index in [0.29, 0.717) is 28.3 Å². The molecule has 1 aliphatic rings. The lowest BCUT2D eigenvalue weighted by Gasteiger charge is -2.30. The smallest absolute Gasteiger partial charge is 0.233 e. The van der Waals surface area contributed by atoms with Gasteiger partial charge in [0.1, 0.15) is 11.6 Å². The maximum absolute atomic E-state index is 12.5. The van der Waals surface area contributed by atoms with Crippen molar-refractivity contribution in [1.82, 2.24) is 25.1 Å². The van der Waals surface area contributed by atoms with E-state index < -0.39 is 0 Å². The number of thioether (sulfide) groups is 1. The Morgan fingerprint density at radius 1 is 1.38 bits per heavy atom. The Kier molecular flexibility index (Phi) is 4.86. The lowest BCUT2D eigenvalue weighted by Crippen LogP contribution is -2.38. The third kappa shape index (κ3) is 3.59. The summed E-state index contributed by atoms with van der Waals surface area (Å²) < 4.78 is 0.714. The van der Waals surface area contributed by atoms with Crippen LogP contribution in [0.2, 0.25) is 0 Å². The van der Waals surface area contributed by atoms with Gasteiger partial charge in [0.05, 0.1) is 18.0 Å². The van der Waals surface area contributed by atoms with E-state index >= 15 is 0 Å². The number of rotatable bonds is 4. The van der Waals surface area contributed by atoms with Crippen molar-refractivity contribution in [2.45, 2.75) is 24.2 Å². The zero-order valence-corrected chi connectivity index (χ0v) is 15.4. The molecular formula is C14H19N7OS2. The molecule has 3 heterocycles. The van der Waals surface area contributed by atoms with Gasteiger partial charge in [-0.25, -0.2) is 9.97 Å². The van der Waals surface area contributed by atoms with Crippen molar-refractivity contribution in [2.24, 2.45) is 0 Å². The van der Waals surface area contributed by atoms with Crippen molar-refractivity contribution < 1.29 is 4.79 Å². The van der Waals surface area contributed by atoms with Crippen molar-refractivity contribution in [3.63, 3.8) is 0 Å². The summed E-state index contributed by atoms with van der Waals surface area (Å²) in [6.45, 7) is 3.08. The number of carbonyl (C=O) groups is 1. The molecule has 0 spiro atoms. The van der Waals surface area contributed by atoms with Crippen molar-refractivity contribution in [2.75, 3.05) is 37.0 Å². The van der Waals surface area contributed by atoms with Gasteiger partial charge < -0.3 is 15.5 Å². The summed E-state index contributed by atoms with van der Waals surface area (Å²) in [6.07, 6.45) is 0.769. The van der Waals surface area contributed by atoms with Crippen LogP contribution in [0.1, 0.15) is 17.1 Å². The predicted octanol–water partition coefficient (Wildman–Crippen LogP) is 0.962. The van der Waals surface area contributed by atoms with Crippen molar-refractivity contribution >= 4 is 40.0 Å². The van der Waals surface area contributed by atoms with Crippen LogP contribution >= 0.6 is 23.1 Å². The number of carbonyl (C=O) groups excluding carboxylic acids is 1. The number of anilines is 2. The van der Waals surface area contributed by atoms with Gasteiger partial charge in [-0.15, -0.1) is 10.2 Å². The summed E-state index contributed by atoms with van der Waals surface area (Å²) in [7, 11) is 3.95. The highest BCUT2D eigenvalue weighted by atomic mass is 32.2. The Morgan fingerprint density at radius 3 is 2.83 bits per heavy atom. The maximum Gasteiger partial charge on any atom is 0.233 e. The standard InChI is InChI=1S/C14H19N7OS2/c1-8-16-10-6-21(5-4-9(10)12(17-8)20(2)3)11(22)7-23-14-19-18-13(15)24-14/h4-7H2,1-3H3,(H2,15,18). The van der Waals surface area contributed by atoms with E-state index in [0.717, 1.165) is 29.3 Å². The Bertz CT molecular complexity index is 762. The first-order chi connectivity index (χ1) is 11.4. The lowest BCUT2D eigenvalue weighted by molar-refractivity contribution is -0.129. The van der Waals surface area contributed by atoms with E-state index in [2.05, 4.69) is 20.2 Å². The molecule has 0 bridgehead atoms. The van der Waals surface area contributed by atoms with Crippen LogP contribution in [-0.4, -0.2) is 57.4 Å². The number of nitrogens with zero attached hydrogens (tertiary/aromatic N) is 6. The highest BCUT2D eigenvalue weighted by molar-refractivity contribution is 8.01. The van der Waals surface area contributed by atoms with E-state index in [9.17, 15) is 4.79 Å². The highest BCUT2D eigenvalue weighted by Crippen LogP contribution is 2.27. The third-order valence-electron chi connectivity index (χ3n) is 3.67. The van der Waals surface area contributed by atoms with Crippen molar-refractivity contribution in [3.8, 4) is 0 Å². The quantitative estimate of drug-likeness (QED) is 0.800. The average Bonchev–Trinajstić information content (AvgIpc) is 2.96. The van der Waals surface area contributed by atoms with Crippen molar-refractivity contribution in [3.05, 3.63) is 17.1 Å². The van der Waals surface area contributed by atoms with Gasteiger partial charge in [0.25, 0.3) is 0 Å².